The van der Waals surface area contributed by atoms with Gasteiger partial charge in [0.1, 0.15) is 29.2 Å². The summed E-state index contributed by atoms with van der Waals surface area (Å²) in [6, 6.07) is 13.7. The molecule has 2 aromatic carbocycles. The molecule has 5 rings (SSSR count). The molecular weight excluding hydrogens is 526 g/mol. The fourth-order valence-electron chi connectivity index (χ4n) is 5.11. The van der Waals surface area contributed by atoms with Crippen LogP contribution in [0.3, 0.4) is 0 Å². The van der Waals surface area contributed by atoms with Crippen LogP contribution in [0.4, 0.5) is 6.01 Å². The van der Waals surface area contributed by atoms with Crippen molar-refractivity contribution in [3.63, 3.8) is 0 Å². The van der Waals surface area contributed by atoms with E-state index in [4.69, 9.17) is 19.0 Å². The van der Waals surface area contributed by atoms with Crippen LogP contribution < -0.4 is 20.1 Å². The number of carbonyl (C=O) groups is 2. The number of rotatable bonds is 12. The molecule has 1 aliphatic heterocycles. The molecule has 11 nitrogen and oxygen atoms in total. The molecule has 0 atom stereocenters. The molecule has 41 heavy (non-hydrogen) atoms. The minimum atomic E-state index is -1.11. The van der Waals surface area contributed by atoms with Gasteiger partial charge in [0.25, 0.3) is 11.9 Å². The first-order chi connectivity index (χ1) is 19.9. The molecule has 4 aromatic rings. The van der Waals surface area contributed by atoms with E-state index in [1.54, 1.807) is 18.2 Å². The molecule has 11 heteroatoms. The van der Waals surface area contributed by atoms with Gasteiger partial charge in [-0.1, -0.05) is 6.07 Å². The summed E-state index contributed by atoms with van der Waals surface area (Å²) >= 11 is 0. The third kappa shape index (κ3) is 6.63. The summed E-state index contributed by atoms with van der Waals surface area (Å²) in [6.07, 6.45) is 5.76. The molecule has 0 bridgehead atoms. The highest BCUT2D eigenvalue weighted by Gasteiger charge is 2.23. The maximum atomic E-state index is 12.4. The number of aromatic nitrogens is 2. The molecule has 1 saturated heterocycles. The predicted molar refractivity (Wildman–Crippen MR) is 154 cm³/mol. The van der Waals surface area contributed by atoms with E-state index in [2.05, 4.69) is 32.7 Å². The quantitative estimate of drug-likeness (QED) is 0.232. The van der Waals surface area contributed by atoms with Crippen molar-refractivity contribution in [1.29, 1.82) is 0 Å². The number of hydrogen-bond acceptors (Lipinski definition) is 8. The van der Waals surface area contributed by atoms with Crippen molar-refractivity contribution in [3.8, 4) is 17.2 Å². The van der Waals surface area contributed by atoms with E-state index in [-0.39, 0.29) is 11.6 Å². The molecule has 1 fully saturated rings. The lowest BCUT2D eigenvalue weighted by Gasteiger charge is -2.32. The Morgan fingerprint density at radius 1 is 1.05 bits per heavy atom. The Kier molecular flexibility index (Phi) is 8.73. The Morgan fingerprint density at radius 3 is 2.37 bits per heavy atom. The zero-order valence-corrected chi connectivity index (χ0v) is 23.3. The number of nitrogens with zero attached hydrogens (tertiary/aromatic N) is 3. The van der Waals surface area contributed by atoms with E-state index in [1.165, 1.54) is 0 Å². The van der Waals surface area contributed by atoms with Crippen LogP contribution in [0.1, 0.15) is 42.6 Å². The van der Waals surface area contributed by atoms with E-state index in [1.807, 2.05) is 42.9 Å². The number of benzene rings is 2. The number of oxazole rings is 1. The molecule has 2 aromatic heterocycles. The lowest BCUT2D eigenvalue weighted by Crippen LogP contribution is -2.38. The normalized spacial score (nSPS) is 14.2. The van der Waals surface area contributed by atoms with Gasteiger partial charge in [0, 0.05) is 38.1 Å². The lowest BCUT2D eigenvalue weighted by molar-refractivity contribution is -0.135. The van der Waals surface area contributed by atoms with Crippen LogP contribution >= 0.6 is 0 Å². The standard InChI is InChI=1S/C30H35N5O6/c1-3-39-24-16-20(17-25(40-4-2)28(24)35-12-5-6-13-35)19-34-14-10-21(11-15-34)32-30-33-27-22(8-7-9-23(27)41-30)29(38)31-18-26(36)37/h5-9,12-13,16-17,21H,3-4,10-11,14-15,18-19H2,1-2H3,(H,31,38)(H,32,33)(H,36,37). The smallest absolute Gasteiger partial charge is 0.322 e. The van der Waals surface area contributed by atoms with Gasteiger partial charge in [-0.05, 0) is 68.7 Å². The highest BCUT2D eigenvalue weighted by molar-refractivity contribution is 6.05. The summed E-state index contributed by atoms with van der Waals surface area (Å²) in [5, 5.41) is 14.6. The van der Waals surface area contributed by atoms with Crippen LogP contribution in [0.15, 0.2) is 59.3 Å². The number of hydrogen-bond donors (Lipinski definition) is 3. The maximum Gasteiger partial charge on any atom is 0.322 e. The van der Waals surface area contributed by atoms with Gasteiger partial charge >= 0.3 is 5.97 Å². The van der Waals surface area contributed by atoms with Crippen LogP contribution in [0, 0.1) is 0 Å². The largest absolute Gasteiger partial charge is 0.492 e. The van der Waals surface area contributed by atoms with E-state index in [0.29, 0.717) is 30.3 Å². The Hall–Kier alpha value is -4.51. The second-order valence-corrected chi connectivity index (χ2v) is 9.84. The molecule has 0 unspecified atom stereocenters. The first kappa shape index (κ1) is 28.0. The van der Waals surface area contributed by atoms with Crippen molar-refractivity contribution in [2.75, 3.05) is 38.2 Å². The minimum Gasteiger partial charge on any atom is -0.492 e. The zero-order chi connectivity index (χ0) is 28.8. The Morgan fingerprint density at radius 2 is 1.73 bits per heavy atom. The molecule has 1 amide bonds. The van der Waals surface area contributed by atoms with E-state index in [0.717, 1.165) is 55.2 Å². The number of piperidine rings is 1. The molecule has 0 saturated carbocycles. The van der Waals surface area contributed by atoms with E-state index < -0.39 is 18.4 Å². The molecule has 216 valence electrons. The first-order valence-corrected chi connectivity index (χ1v) is 13.9. The number of nitrogens with one attached hydrogen (secondary N) is 2. The van der Waals surface area contributed by atoms with Gasteiger partial charge in [0.15, 0.2) is 5.58 Å². The Bertz CT molecular complexity index is 1460. The molecule has 0 aliphatic carbocycles. The summed E-state index contributed by atoms with van der Waals surface area (Å²) in [6.45, 7) is 7.16. The molecule has 1 aliphatic rings. The predicted octanol–water partition coefficient (Wildman–Crippen LogP) is 4.31. The van der Waals surface area contributed by atoms with Crippen LogP contribution in [-0.2, 0) is 11.3 Å². The van der Waals surface area contributed by atoms with Crippen LogP contribution in [0.2, 0.25) is 0 Å². The monoisotopic (exact) mass is 561 g/mol. The van der Waals surface area contributed by atoms with Gasteiger partial charge in [-0.2, -0.15) is 4.98 Å². The Balaban J connectivity index is 1.23. The molecule has 0 spiro atoms. The molecule has 0 radical (unpaired) electrons. The van der Waals surface area contributed by atoms with Gasteiger partial charge in [-0.25, -0.2) is 0 Å². The van der Waals surface area contributed by atoms with Crippen molar-refractivity contribution in [1.82, 2.24) is 19.8 Å². The third-order valence-corrected chi connectivity index (χ3v) is 6.95. The minimum absolute atomic E-state index is 0.165. The number of para-hydroxylation sites is 1. The highest BCUT2D eigenvalue weighted by atomic mass is 16.5. The lowest BCUT2D eigenvalue weighted by atomic mass is 10.0. The van der Waals surface area contributed by atoms with Crippen molar-refractivity contribution < 1.29 is 28.6 Å². The fourth-order valence-corrected chi connectivity index (χ4v) is 5.11. The summed E-state index contributed by atoms with van der Waals surface area (Å²) in [4.78, 5) is 30.2. The van der Waals surface area contributed by atoms with Gasteiger partial charge in [-0.15, -0.1) is 0 Å². The van der Waals surface area contributed by atoms with Crippen molar-refractivity contribution in [2.24, 2.45) is 0 Å². The van der Waals surface area contributed by atoms with Gasteiger partial charge in [0.05, 0.1) is 18.8 Å². The summed E-state index contributed by atoms with van der Waals surface area (Å²) in [5.41, 5.74) is 3.18. The first-order valence-electron chi connectivity index (χ1n) is 13.9. The second-order valence-electron chi connectivity index (χ2n) is 9.84. The number of likely N-dealkylation sites (tertiary alicyclic amines) is 1. The third-order valence-electron chi connectivity index (χ3n) is 6.95. The maximum absolute atomic E-state index is 12.4. The fraction of sp³-hybridized carbons (Fsp3) is 0.367. The average molecular weight is 562 g/mol. The summed E-state index contributed by atoms with van der Waals surface area (Å²) in [7, 11) is 0. The van der Waals surface area contributed by atoms with Crippen molar-refractivity contribution in [2.45, 2.75) is 39.3 Å². The molecular formula is C30H35N5O6. The topological polar surface area (TPSA) is 131 Å². The van der Waals surface area contributed by atoms with Gasteiger partial charge in [-0.3, -0.25) is 14.5 Å². The number of ether oxygens (including phenoxy) is 2. The van der Waals surface area contributed by atoms with Crippen LogP contribution in [0.5, 0.6) is 11.5 Å². The second kappa shape index (κ2) is 12.8. The van der Waals surface area contributed by atoms with Crippen LogP contribution in [-0.4, -0.2) is 70.3 Å². The molecule has 3 heterocycles. The number of fused-ring (bicyclic) bond motifs is 1. The number of carboxylic acid groups (broad SMARTS) is 1. The SMILES string of the molecule is CCOc1cc(CN2CCC(Nc3nc4c(C(=O)NCC(=O)O)cccc4o3)CC2)cc(OCC)c1-n1cccc1. The van der Waals surface area contributed by atoms with E-state index >= 15 is 0 Å². The van der Waals surface area contributed by atoms with Gasteiger partial charge in [0.2, 0.25) is 0 Å². The summed E-state index contributed by atoms with van der Waals surface area (Å²) < 4.78 is 20.0. The number of carboxylic acids is 1. The number of anilines is 1. The summed E-state index contributed by atoms with van der Waals surface area (Å²) in [5.74, 6) is -0.0216. The Labute approximate surface area is 238 Å². The zero-order valence-electron chi connectivity index (χ0n) is 23.3. The van der Waals surface area contributed by atoms with Crippen LogP contribution in [0.25, 0.3) is 16.8 Å². The van der Waals surface area contributed by atoms with Crippen molar-refractivity contribution >= 4 is 29.0 Å². The number of carbonyl (C=O) groups excluding carboxylic acids is 1. The number of amides is 1. The van der Waals surface area contributed by atoms with E-state index in [9.17, 15) is 9.59 Å². The highest BCUT2D eigenvalue weighted by Crippen LogP contribution is 2.35. The number of aliphatic carboxylic acids is 1. The van der Waals surface area contributed by atoms with Crippen molar-refractivity contribution in [3.05, 3.63) is 66.0 Å². The molecule has 3 N–H and O–H groups in total. The van der Waals surface area contributed by atoms with Gasteiger partial charge < -0.3 is 34.2 Å². The average Bonchev–Trinajstić information content (AvgIpc) is 3.63.